The third-order valence-electron chi connectivity index (χ3n) is 5.84. The van der Waals surface area contributed by atoms with Gasteiger partial charge in [0.25, 0.3) is 0 Å². The molecular weight excluding hydrogens is 286 g/mol. The molecule has 0 radical (unpaired) electrons. The number of anilines is 1. The van der Waals surface area contributed by atoms with E-state index < -0.39 is 0 Å². The van der Waals surface area contributed by atoms with E-state index in [1.165, 1.54) is 16.7 Å². The number of rotatable bonds is 1. The van der Waals surface area contributed by atoms with E-state index in [2.05, 4.69) is 35.2 Å². The van der Waals surface area contributed by atoms with Crippen LogP contribution in [-0.2, 0) is 24.1 Å². The van der Waals surface area contributed by atoms with Crippen molar-refractivity contribution in [3.8, 4) is 5.75 Å². The number of methoxy groups -OCH3 is 1. The third-order valence-corrected chi connectivity index (χ3v) is 5.84. The summed E-state index contributed by atoms with van der Waals surface area (Å²) in [4.78, 5) is 15.4. The zero-order chi connectivity index (χ0) is 15.6. The fourth-order valence-corrected chi connectivity index (χ4v) is 4.85. The summed E-state index contributed by atoms with van der Waals surface area (Å²) in [6, 6.07) is 14.9. The Morgan fingerprint density at radius 2 is 1.91 bits per heavy atom. The lowest BCUT2D eigenvalue weighted by Gasteiger charge is -2.22. The van der Waals surface area contributed by atoms with Crippen molar-refractivity contribution in [2.45, 2.75) is 31.7 Å². The molecule has 1 spiro atoms. The van der Waals surface area contributed by atoms with Crippen LogP contribution in [0.5, 0.6) is 5.75 Å². The van der Waals surface area contributed by atoms with Crippen LogP contribution in [0.15, 0.2) is 42.5 Å². The number of fused-ring (bicyclic) bond motifs is 4. The molecule has 0 aromatic heterocycles. The molecule has 0 bridgehead atoms. The number of amides is 1. The minimum Gasteiger partial charge on any atom is -0.497 e. The first-order valence-corrected chi connectivity index (χ1v) is 8.28. The first-order chi connectivity index (χ1) is 11.2. The summed E-state index contributed by atoms with van der Waals surface area (Å²) in [7, 11) is 1.69. The second-order valence-corrected chi connectivity index (χ2v) is 7.13. The van der Waals surface area contributed by atoms with Crippen LogP contribution in [0.4, 0.5) is 5.69 Å². The van der Waals surface area contributed by atoms with Gasteiger partial charge in [0.05, 0.1) is 12.5 Å². The Labute approximate surface area is 135 Å². The molecule has 2 atom stereocenters. The predicted molar refractivity (Wildman–Crippen MR) is 88.9 cm³/mol. The van der Waals surface area contributed by atoms with Gasteiger partial charge in [-0.3, -0.25) is 4.79 Å². The summed E-state index contributed by atoms with van der Waals surface area (Å²) >= 11 is 0. The van der Waals surface area contributed by atoms with Gasteiger partial charge in [0, 0.05) is 11.7 Å². The van der Waals surface area contributed by atoms with E-state index in [0.29, 0.717) is 11.9 Å². The molecule has 1 amide bonds. The maximum absolute atomic E-state index is 13.3. The second-order valence-electron chi connectivity index (χ2n) is 7.13. The highest BCUT2D eigenvalue weighted by Gasteiger charge is 2.56. The van der Waals surface area contributed by atoms with Gasteiger partial charge in [-0.25, -0.2) is 0 Å². The summed E-state index contributed by atoms with van der Waals surface area (Å²) in [5.74, 6) is 1.21. The Bertz CT molecular complexity index is 828. The quantitative estimate of drug-likeness (QED) is 0.810. The van der Waals surface area contributed by atoms with Gasteiger partial charge in [0.1, 0.15) is 5.75 Å². The minimum absolute atomic E-state index is 0.229. The lowest BCUT2D eigenvalue weighted by Crippen LogP contribution is -2.35. The minimum atomic E-state index is -0.229. The number of benzene rings is 2. The number of hydrogen-bond donors (Lipinski definition) is 0. The lowest BCUT2D eigenvalue weighted by atomic mass is 9.80. The smallest absolute Gasteiger partial charge is 0.234 e. The molecule has 5 rings (SSSR count). The van der Waals surface area contributed by atoms with Crippen LogP contribution < -0.4 is 9.64 Å². The first kappa shape index (κ1) is 13.2. The van der Waals surface area contributed by atoms with Gasteiger partial charge in [-0.1, -0.05) is 24.3 Å². The Kier molecular flexibility index (Phi) is 2.51. The molecule has 0 saturated carbocycles. The molecule has 2 aromatic rings. The highest BCUT2D eigenvalue weighted by Crippen LogP contribution is 2.52. The summed E-state index contributed by atoms with van der Waals surface area (Å²) in [6.45, 7) is 0. The van der Waals surface area contributed by atoms with E-state index in [1.807, 2.05) is 12.1 Å². The topological polar surface area (TPSA) is 29.5 Å². The summed E-state index contributed by atoms with van der Waals surface area (Å²) in [5.41, 5.74) is 4.82. The zero-order valence-electron chi connectivity index (χ0n) is 13.2. The highest BCUT2D eigenvalue weighted by atomic mass is 16.5. The molecule has 2 aliphatic heterocycles. The predicted octanol–water partition coefficient (Wildman–Crippen LogP) is 3.14. The molecule has 3 aliphatic rings. The number of carbonyl (C=O) groups is 1. The van der Waals surface area contributed by atoms with Gasteiger partial charge >= 0.3 is 0 Å². The van der Waals surface area contributed by atoms with Crippen LogP contribution in [0.2, 0.25) is 0 Å². The van der Waals surface area contributed by atoms with Gasteiger partial charge in [0.2, 0.25) is 5.91 Å². The van der Waals surface area contributed by atoms with Crippen molar-refractivity contribution < 1.29 is 9.53 Å². The average molecular weight is 305 g/mol. The molecule has 3 heteroatoms. The average Bonchev–Trinajstić information content (AvgIpc) is 3.18. The molecule has 2 aromatic carbocycles. The Morgan fingerprint density at radius 1 is 1.09 bits per heavy atom. The Balaban J connectivity index is 1.52. The zero-order valence-corrected chi connectivity index (χ0v) is 13.2. The number of ether oxygens (including phenoxy) is 1. The van der Waals surface area contributed by atoms with Crippen LogP contribution >= 0.6 is 0 Å². The molecule has 1 fully saturated rings. The largest absolute Gasteiger partial charge is 0.497 e. The van der Waals surface area contributed by atoms with Crippen LogP contribution in [0.25, 0.3) is 0 Å². The van der Waals surface area contributed by atoms with E-state index in [1.54, 1.807) is 7.11 Å². The molecule has 1 aliphatic carbocycles. The summed E-state index contributed by atoms with van der Waals surface area (Å²) in [6.07, 6.45) is 3.70. The monoisotopic (exact) mass is 305 g/mol. The first-order valence-electron chi connectivity index (χ1n) is 8.28. The summed E-state index contributed by atoms with van der Waals surface area (Å²) < 4.78 is 5.34. The second kappa shape index (κ2) is 4.38. The van der Waals surface area contributed by atoms with E-state index in [9.17, 15) is 4.79 Å². The normalized spacial score (nSPS) is 27.3. The third kappa shape index (κ3) is 1.68. The molecule has 2 heterocycles. The van der Waals surface area contributed by atoms with Crippen molar-refractivity contribution >= 4 is 11.6 Å². The van der Waals surface area contributed by atoms with E-state index in [0.717, 1.165) is 37.1 Å². The van der Waals surface area contributed by atoms with Crippen LogP contribution in [0.3, 0.4) is 0 Å². The maximum Gasteiger partial charge on any atom is 0.234 e. The SMILES string of the molecule is COc1ccc2c(c1)C[C@@]1(C2)C[C@@H]2Cc3ccccc3N2C1=O. The maximum atomic E-state index is 13.3. The van der Waals surface area contributed by atoms with E-state index in [4.69, 9.17) is 4.74 Å². The highest BCUT2D eigenvalue weighted by molar-refractivity contribution is 6.03. The standard InChI is InChI=1S/C20H19NO2/c1-23-17-7-6-14-10-20(11-15(14)9-17)12-16-8-13-4-2-3-5-18(13)21(16)19(20)22/h2-7,9,16H,8,10-12H2,1H3/t16-,20-/m0/s1. The van der Waals surface area contributed by atoms with E-state index in [-0.39, 0.29) is 5.41 Å². The molecule has 1 saturated heterocycles. The fourth-order valence-electron chi connectivity index (χ4n) is 4.85. The van der Waals surface area contributed by atoms with Gasteiger partial charge in [-0.05, 0) is 60.6 Å². The summed E-state index contributed by atoms with van der Waals surface area (Å²) in [5, 5.41) is 0. The van der Waals surface area contributed by atoms with Crippen molar-refractivity contribution in [2.75, 3.05) is 12.0 Å². The number of nitrogens with zero attached hydrogens (tertiary/aromatic N) is 1. The number of para-hydroxylation sites is 1. The molecule has 0 N–H and O–H groups in total. The van der Waals surface area contributed by atoms with Crippen molar-refractivity contribution in [3.05, 3.63) is 59.2 Å². The van der Waals surface area contributed by atoms with Crippen LogP contribution in [-0.4, -0.2) is 19.1 Å². The van der Waals surface area contributed by atoms with E-state index >= 15 is 0 Å². The fraction of sp³-hybridized carbons (Fsp3) is 0.350. The molecule has 0 unspecified atom stereocenters. The number of carbonyl (C=O) groups excluding carboxylic acids is 1. The van der Waals surface area contributed by atoms with Crippen molar-refractivity contribution in [1.82, 2.24) is 0 Å². The van der Waals surface area contributed by atoms with Gasteiger partial charge in [-0.15, -0.1) is 0 Å². The number of hydrogen-bond acceptors (Lipinski definition) is 2. The lowest BCUT2D eigenvalue weighted by molar-refractivity contribution is -0.125. The molecular formula is C20H19NO2. The van der Waals surface area contributed by atoms with Crippen molar-refractivity contribution in [2.24, 2.45) is 5.41 Å². The van der Waals surface area contributed by atoms with Gasteiger partial charge in [-0.2, -0.15) is 0 Å². The van der Waals surface area contributed by atoms with Crippen molar-refractivity contribution in [1.29, 1.82) is 0 Å². The van der Waals surface area contributed by atoms with Crippen LogP contribution in [0, 0.1) is 5.41 Å². The van der Waals surface area contributed by atoms with Crippen molar-refractivity contribution in [3.63, 3.8) is 0 Å². The molecule has 23 heavy (non-hydrogen) atoms. The Hall–Kier alpha value is -2.29. The Morgan fingerprint density at radius 3 is 2.78 bits per heavy atom. The molecule has 3 nitrogen and oxygen atoms in total. The van der Waals surface area contributed by atoms with Gasteiger partial charge in [0.15, 0.2) is 0 Å². The van der Waals surface area contributed by atoms with Gasteiger partial charge < -0.3 is 9.64 Å². The van der Waals surface area contributed by atoms with Crippen LogP contribution in [0.1, 0.15) is 23.1 Å². The molecule has 116 valence electrons.